The van der Waals surface area contributed by atoms with Crippen molar-refractivity contribution in [3.8, 4) is 11.9 Å². The Morgan fingerprint density at radius 3 is 2.87 bits per heavy atom. The van der Waals surface area contributed by atoms with Crippen molar-refractivity contribution in [2.45, 2.75) is 6.92 Å². The van der Waals surface area contributed by atoms with Crippen LogP contribution in [0.15, 0.2) is 24.4 Å². The van der Waals surface area contributed by atoms with Crippen molar-refractivity contribution in [3.63, 3.8) is 0 Å². The van der Waals surface area contributed by atoms with Crippen LogP contribution in [0.1, 0.15) is 11.3 Å². The van der Waals surface area contributed by atoms with E-state index < -0.39 is 0 Å². The summed E-state index contributed by atoms with van der Waals surface area (Å²) in [5, 5.41) is 12.8. The van der Waals surface area contributed by atoms with Gasteiger partial charge in [-0.2, -0.15) is 5.26 Å². The maximum Gasteiger partial charge on any atom is 0.154 e. The summed E-state index contributed by atoms with van der Waals surface area (Å²) in [6.07, 6.45) is 1.71. The highest BCUT2D eigenvalue weighted by Gasteiger charge is 2.03. The molecule has 2 heterocycles. The smallest absolute Gasteiger partial charge is 0.154 e. The summed E-state index contributed by atoms with van der Waals surface area (Å²) in [5.74, 6) is 1.03. The summed E-state index contributed by atoms with van der Waals surface area (Å²) >= 11 is 0. The van der Waals surface area contributed by atoms with E-state index in [0.29, 0.717) is 17.2 Å². The first kappa shape index (κ1) is 9.21. The summed E-state index contributed by atoms with van der Waals surface area (Å²) in [5.41, 5.74) is 6.84. The second-order valence-corrected chi connectivity index (χ2v) is 3.15. The molecule has 2 rings (SSSR count). The number of hydrogen-bond donors (Lipinski definition) is 1. The number of pyridine rings is 1. The van der Waals surface area contributed by atoms with Crippen LogP contribution in [-0.2, 0) is 0 Å². The third-order valence-electron chi connectivity index (χ3n) is 1.91. The molecule has 0 saturated heterocycles. The first-order valence-electron chi connectivity index (χ1n) is 4.39. The van der Waals surface area contributed by atoms with Crippen molar-refractivity contribution >= 4 is 5.82 Å². The van der Waals surface area contributed by atoms with Gasteiger partial charge in [-0.3, -0.25) is 0 Å². The second kappa shape index (κ2) is 3.42. The third-order valence-corrected chi connectivity index (χ3v) is 1.91. The van der Waals surface area contributed by atoms with E-state index in [1.54, 1.807) is 29.1 Å². The minimum atomic E-state index is 0.428. The monoisotopic (exact) mass is 199 g/mol. The van der Waals surface area contributed by atoms with Crippen molar-refractivity contribution in [1.82, 2.24) is 14.8 Å². The summed E-state index contributed by atoms with van der Waals surface area (Å²) in [7, 11) is 0. The Kier molecular flexibility index (Phi) is 2.10. The van der Waals surface area contributed by atoms with Gasteiger partial charge in [0.1, 0.15) is 5.82 Å². The van der Waals surface area contributed by atoms with E-state index in [0.717, 1.165) is 5.69 Å². The number of nitriles is 1. The van der Waals surface area contributed by atoms with Gasteiger partial charge in [-0.05, 0) is 13.0 Å². The molecule has 0 radical (unpaired) electrons. The van der Waals surface area contributed by atoms with Gasteiger partial charge in [-0.1, -0.05) is 0 Å². The van der Waals surface area contributed by atoms with Gasteiger partial charge >= 0.3 is 0 Å². The molecule has 0 spiro atoms. The lowest BCUT2D eigenvalue weighted by atomic mass is 10.2. The first-order valence-corrected chi connectivity index (χ1v) is 4.39. The summed E-state index contributed by atoms with van der Waals surface area (Å²) in [6.45, 7) is 1.83. The van der Waals surface area contributed by atoms with Crippen molar-refractivity contribution in [3.05, 3.63) is 35.7 Å². The van der Waals surface area contributed by atoms with E-state index in [2.05, 4.69) is 16.2 Å². The number of anilines is 1. The highest BCUT2D eigenvalue weighted by molar-refractivity contribution is 5.38. The standard InChI is InChI=1S/C10H9N5/c1-7-4-8(6-11)5-10(13-7)15-3-2-9(12)14-15/h2-5H,1H3,(H2,12,14). The van der Waals surface area contributed by atoms with E-state index in [1.165, 1.54) is 0 Å². The Bertz CT molecular complexity index is 535. The number of nitrogens with two attached hydrogens (primary N) is 1. The Labute approximate surface area is 86.8 Å². The number of aromatic nitrogens is 3. The van der Waals surface area contributed by atoms with Crippen LogP contribution >= 0.6 is 0 Å². The molecule has 0 saturated carbocycles. The molecular weight excluding hydrogens is 190 g/mol. The molecule has 0 atom stereocenters. The fourth-order valence-corrected chi connectivity index (χ4v) is 1.30. The maximum atomic E-state index is 8.81. The van der Waals surface area contributed by atoms with Crippen LogP contribution in [0.5, 0.6) is 0 Å². The predicted octanol–water partition coefficient (Wildman–Crippen LogP) is 1.03. The normalized spacial score (nSPS) is 9.87. The van der Waals surface area contributed by atoms with Crippen LogP contribution in [0.25, 0.3) is 5.82 Å². The van der Waals surface area contributed by atoms with Crippen molar-refractivity contribution in [2.75, 3.05) is 5.73 Å². The quantitative estimate of drug-likeness (QED) is 0.743. The van der Waals surface area contributed by atoms with Gasteiger partial charge in [-0.25, -0.2) is 9.67 Å². The number of nitrogens with zero attached hydrogens (tertiary/aromatic N) is 4. The van der Waals surface area contributed by atoms with Crippen LogP contribution in [0.3, 0.4) is 0 Å². The lowest BCUT2D eigenvalue weighted by Gasteiger charge is -2.01. The van der Waals surface area contributed by atoms with Crippen molar-refractivity contribution in [2.24, 2.45) is 0 Å². The largest absolute Gasteiger partial charge is 0.382 e. The van der Waals surface area contributed by atoms with Crippen LogP contribution in [0.2, 0.25) is 0 Å². The minimum Gasteiger partial charge on any atom is -0.382 e. The first-order chi connectivity index (χ1) is 7.19. The van der Waals surface area contributed by atoms with Crippen LogP contribution in [0.4, 0.5) is 5.82 Å². The average molecular weight is 199 g/mol. The van der Waals surface area contributed by atoms with E-state index in [4.69, 9.17) is 11.0 Å². The van der Waals surface area contributed by atoms with E-state index in [1.807, 2.05) is 6.92 Å². The molecule has 15 heavy (non-hydrogen) atoms. The van der Waals surface area contributed by atoms with E-state index >= 15 is 0 Å². The van der Waals surface area contributed by atoms with Crippen LogP contribution < -0.4 is 5.73 Å². The fourth-order valence-electron chi connectivity index (χ4n) is 1.30. The molecular formula is C10H9N5. The lowest BCUT2D eigenvalue weighted by Crippen LogP contribution is -2.01. The van der Waals surface area contributed by atoms with Gasteiger partial charge in [0.25, 0.3) is 0 Å². The zero-order valence-corrected chi connectivity index (χ0v) is 8.18. The van der Waals surface area contributed by atoms with Crippen LogP contribution in [-0.4, -0.2) is 14.8 Å². The van der Waals surface area contributed by atoms with Gasteiger partial charge in [-0.15, -0.1) is 5.10 Å². The number of aryl methyl sites for hydroxylation is 1. The number of rotatable bonds is 1. The zero-order valence-electron chi connectivity index (χ0n) is 8.18. The predicted molar refractivity (Wildman–Crippen MR) is 55.2 cm³/mol. The molecule has 5 heteroatoms. The highest BCUT2D eigenvalue weighted by Crippen LogP contribution is 2.09. The van der Waals surface area contributed by atoms with Gasteiger partial charge in [0.15, 0.2) is 5.82 Å². The third kappa shape index (κ3) is 1.79. The Morgan fingerprint density at radius 2 is 2.27 bits per heavy atom. The highest BCUT2D eigenvalue weighted by atomic mass is 15.3. The average Bonchev–Trinajstić information content (AvgIpc) is 2.64. The van der Waals surface area contributed by atoms with Gasteiger partial charge in [0.05, 0.1) is 11.6 Å². The second-order valence-electron chi connectivity index (χ2n) is 3.15. The molecule has 0 fully saturated rings. The molecule has 0 aromatic carbocycles. The SMILES string of the molecule is Cc1cc(C#N)cc(-n2ccc(N)n2)n1. The maximum absolute atomic E-state index is 8.81. The van der Waals surface area contributed by atoms with Crippen molar-refractivity contribution in [1.29, 1.82) is 5.26 Å². The molecule has 74 valence electrons. The van der Waals surface area contributed by atoms with Gasteiger partial charge < -0.3 is 5.73 Å². The van der Waals surface area contributed by atoms with E-state index in [9.17, 15) is 0 Å². The van der Waals surface area contributed by atoms with Gasteiger partial charge in [0, 0.05) is 24.0 Å². The molecule has 2 aromatic heterocycles. The van der Waals surface area contributed by atoms with Crippen molar-refractivity contribution < 1.29 is 0 Å². The molecule has 2 N–H and O–H groups in total. The molecule has 0 aliphatic heterocycles. The summed E-state index contributed by atoms with van der Waals surface area (Å²) < 4.78 is 1.54. The molecule has 0 unspecified atom stereocenters. The molecule has 5 nitrogen and oxygen atoms in total. The summed E-state index contributed by atoms with van der Waals surface area (Å²) in [4.78, 5) is 4.26. The van der Waals surface area contributed by atoms with Crippen LogP contribution in [0, 0.1) is 18.3 Å². The molecule has 0 aliphatic carbocycles. The molecule has 2 aromatic rings. The fraction of sp³-hybridized carbons (Fsp3) is 0.100. The number of hydrogen-bond acceptors (Lipinski definition) is 4. The Hall–Kier alpha value is -2.35. The Morgan fingerprint density at radius 1 is 1.47 bits per heavy atom. The minimum absolute atomic E-state index is 0.428. The lowest BCUT2D eigenvalue weighted by molar-refractivity contribution is 0.844. The topological polar surface area (TPSA) is 80.5 Å². The van der Waals surface area contributed by atoms with E-state index in [-0.39, 0.29) is 0 Å². The molecule has 0 bridgehead atoms. The number of nitrogen functional groups attached to an aromatic ring is 1. The van der Waals surface area contributed by atoms with Gasteiger partial charge in [0.2, 0.25) is 0 Å². The zero-order chi connectivity index (χ0) is 10.8. The summed E-state index contributed by atoms with van der Waals surface area (Å²) in [6, 6.07) is 7.13. The Balaban J connectivity index is 2.54. The molecule has 0 amide bonds. The molecule has 0 aliphatic rings.